The largest absolute Gasteiger partial charge is 0.339 e. The van der Waals surface area contributed by atoms with Crippen LogP contribution < -0.4 is 0 Å². The van der Waals surface area contributed by atoms with Gasteiger partial charge in [0.25, 0.3) is 5.91 Å². The molecule has 1 fully saturated rings. The molecule has 0 aliphatic carbocycles. The summed E-state index contributed by atoms with van der Waals surface area (Å²) in [7, 11) is 0. The number of pyridine rings is 1. The highest BCUT2D eigenvalue weighted by Gasteiger charge is 2.20. The third kappa shape index (κ3) is 2.68. The van der Waals surface area contributed by atoms with Crippen LogP contribution in [0.3, 0.4) is 0 Å². The van der Waals surface area contributed by atoms with E-state index in [1.165, 1.54) is 18.3 Å². The molecule has 2 heterocycles. The first-order valence-electron chi connectivity index (χ1n) is 7.13. The Morgan fingerprint density at radius 2 is 1.95 bits per heavy atom. The number of carbonyl (C=O) groups excluding carboxylic acids is 1. The molecule has 2 aromatic rings. The fourth-order valence-corrected chi connectivity index (χ4v) is 2.60. The number of likely N-dealkylation sites (tertiary alicyclic amines) is 1. The van der Waals surface area contributed by atoms with Crippen molar-refractivity contribution in [3.63, 3.8) is 0 Å². The summed E-state index contributed by atoms with van der Waals surface area (Å²) in [6.45, 7) is 1.54. The van der Waals surface area contributed by atoms with Crippen LogP contribution in [0.5, 0.6) is 0 Å². The summed E-state index contributed by atoms with van der Waals surface area (Å²) in [5.74, 6) is -0.614. The molecule has 110 valence electrons. The van der Waals surface area contributed by atoms with E-state index in [9.17, 15) is 9.18 Å². The van der Waals surface area contributed by atoms with Crippen LogP contribution in [0.2, 0.25) is 0 Å². The summed E-state index contributed by atoms with van der Waals surface area (Å²) < 4.78 is 13.7. The Balaban J connectivity index is 1.92. The van der Waals surface area contributed by atoms with Crippen molar-refractivity contribution < 1.29 is 9.18 Å². The number of aromatic nitrogens is 1. The first-order chi connectivity index (χ1) is 10.7. The molecule has 0 saturated carbocycles. The summed E-state index contributed by atoms with van der Waals surface area (Å²) in [5, 5.41) is 8.77. The van der Waals surface area contributed by atoms with E-state index in [-0.39, 0.29) is 11.5 Å². The van der Waals surface area contributed by atoms with Gasteiger partial charge in [-0.05, 0) is 36.6 Å². The molecule has 4 nitrogen and oxygen atoms in total. The number of hydrogen-bond acceptors (Lipinski definition) is 3. The number of nitriles is 1. The van der Waals surface area contributed by atoms with Gasteiger partial charge >= 0.3 is 0 Å². The molecular formula is C17H14FN3O. The minimum absolute atomic E-state index is 0.000932. The number of carbonyl (C=O) groups is 1. The lowest BCUT2D eigenvalue weighted by atomic mass is 10.0. The predicted molar refractivity (Wildman–Crippen MR) is 79.5 cm³/mol. The number of amides is 1. The molecule has 0 N–H and O–H groups in total. The Hall–Kier alpha value is -2.74. The number of hydrogen-bond donors (Lipinski definition) is 0. The molecule has 5 heteroatoms. The third-order valence-corrected chi connectivity index (χ3v) is 3.80. The van der Waals surface area contributed by atoms with E-state index in [4.69, 9.17) is 5.26 Å². The lowest BCUT2D eigenvalue weighted by Crippen LogP contribution is -2.27. The van der Waals surface area contributed by atoms with Crippen LogP contribution in [-0.4, -0.2) is 28.9 Å². The van der Waals surface area contributed by atoms with Crippen LogP contribution in [0, 0.1) is 17.1 Å². The van der Waals surface area contributed by atoms with Crippen molar-refractivity contribution in [1.82, 2.24) is 9.88 Å². The molecule has 0 spiro atoms. The van der Waals surface area contributed by atoms with E-state index in [1.807, 2.05) is 0 Å². The number of nitrogens with zero attached hydrogens (tertiary/aromatic N) is 3. The molecule has 1 aromatic heterocycles. The fraction of sp³-hybridized carbons (Fsp3) is 0.235. The molecule has 1 saturated heterocycles. The standard InChI is InChI=1S/C17H14FN3O/c18-16-8-12(3-4-13(16)9-19)14-7-15(11-20-10-14)17(22)21-5-1-2-6-21/h3-4,7-8,10-11H,1-2,5-6H2. The summed E-state index contributed by atoms with van der Waals surface area (Å²) in [5.41, 5.74) is 1.76. The molecule has 22 heavy (non-hydrogen) atoms. The monoisotopic (exact) mass is 295 g/mol. The second kappa shape index (κ2) is 5.94. The number of halogens is 1. The van der Waals surface area contributed by atoms with Crippen molar-refractivity contribution in [3.8, 4) is 17.2 Å². The lowest BCUT2D eigenvalue weighted by Gasteiger charge is -2.15. The molecule has 1 aliphatic rings. The fourth-order valence-electron chi connectivity index (χ4n) is 2.60. The molecule has 0 atom stereocenters. The third-order valence-electron chi connectivity index (χ3n) is 3.80. The Morgan fingerprint density at radius 1 is 1.18 bits per heavy atom. The van der Waals surface area contributed by atoms with Gasteiger partial charge in [-0.15, -0.1) is 0 Å². The van der Waals surface area contributed by atoms with Gasteiger partial charge < -0.3 is 4.90 Å². The van der Waals surface area contributed by atoms with Gasteiger partial charge in [-0.25, -0.2) is 4.39 Å². The van der Waals surface area contributed by atoms with E-state index < -0.39 is 5.82 Å². The van der Waals surface area contributed by atoms with Crippen molar-refractivity contribution in [3.05, 3.63) is 53.6 Å². The topological polar surface area (TPSA) is 57.0 Å². The van der Waals surface area contributed by atoms with E-state index in [0.29, 0.717) is 16.7 Å². The normalized spacial score (nSPS) is 13.9. The average Bonchev–Trinajstić information content (AvgIpc) is 3.08. The van der Waals surface area contributed by atoms with Crippen LogP contribution in [0.15, 0.2) is 36.7 Å². The maximum absolute atomic E-state index is 13.7. The molecule has 0 unspecified atom stereocenters. The van der Waals surface area contributed by atoms with Gasteiger partial charge in [0, 0.05) is 31.0 Å². The van der Waals surface area contributed by atoms with Gasteiger partial charge in [0.2, 0.25) is 0 Å². The SMILES string of the molecule is N#Cc1ccc(-c2cncc(C(=O)N3CCCC3)c2)cc1F. The number of rotatable bonds is 2. The summed E-state index contributed by atoms with van der Waals surface area (Å²) >= 11 is 0. The summed E-state index contributed by atoms with van der Waals surface area (Å²) in [4.78, 5) is 18.3. The van der Waals surface area contributed by atoms with Crippen LogP contribution >= 0.6 is 0 Å². The maximum Gasteiger partial charge on any atom is 0.255 e. The molecule has 3 rings (SSSR count). The minimum atomic E-state index is -0.573. The average molecular weight is 295 g/mol. The first kappa shape index (κ1) is 14.2. The summed E-state index contributed by atoms with van der Waals surface area (Å²) in [6, 6.07) is 7.88. The van der Waals surface area contributed by atoms with E-state index in [2.05, 4.69) is 4.98 Å². The minimum Gasteiger partial charge on any atom is -0.339 e. The zero-order valence-corrected chi connectivity index (χ0v) is 11.9. The molecular weight excluding hydrogens is 281 g/mol. The molecule has 1 amide bonds. The predicted octanol–water partition coefficient (Wildman–Crippen LogP) is 3.00. The molecule has 0 bridgehead atoms. The zero-order chi connectivity index (χ0) is 15.5. The van der Waals surface area contributed by atoms with Crippen LogP contribution in [0.25, 0.3) is 11.1 Å². The van der Waals surface area contributed by atoms with Crippen molar-refractivity contribution in [2.45, 2.75) is 12.8 Å². The Bertz CT molecular complexity index is 761. The lowest BCUT2D eigenvalue weighted by molar-refractivity contribution is 0.0792. The van der Waals surface area contributed by atoms with Crippen LogP contribution in [0.1, 0.15) is 28.8 Å². The zero-order valence-electron chi connectivity index (χ0n) is 11.9. The quantitative estimate of drug-likeness (QED) is 0.855. The second-order valence-electron chi connectivity index (χ2n) is 5.27. The summed E-state index contributed by atoms with van der Waals surface area (Å²) in [6.07, 6.45) is 5.17. The van der Waals surface area contributed by atoms with E-state index >= 15 is 0 Å². The maximum atomic E-state index is 13.7. The smallest absolute Gasteiger partial charge is 0.255 e. The highest BCUT2D eigenvalue weighted by atomic mass is 19.1. The van der Waals surface area contributed by atoms with Gasteiger partial charge in [-0.2, -0.15) is 5.26 Å². The van der Waals surface area contributed by atoms with Crippen LogP contribution in [0.4, 0.5) is 4.39 Å². The van der Waals surface area contributed by atoms with Gasteiger partial charge in [0.1, 0.15) is 11.9 Å². The van der Waals surface area contributed by atoms with Crippen molar-refractivity contribution in [2.24, 2.45) is 0 Å². The van der Waals surface area contributed by atoms with E-state index in [1.54, 1.807) is 29.3 Å². The van der Waals surface area contributed by atoms with Crippen molar-refractivity contribution in [2.75, 3.05) is 13.1 Å². The highest BCUT2D eigenvalue weighted by molar-refractivity contribution is 5.95. The van der Waals surface area contributed by atoms with Crippen molar-refractivity contribution in [1.29, 1.82) is 5.26 Å². The van der Waals surface area contributed by atoms with Gasteiger partial charge in [0.05, 0.1) is 11.1 Å². The Morgan fingerprint density at radius 3 is 2.64 bits per heavy atom. The Kier molecular flexibility index (Phi) is 3.84. The van der Waals surface area contributed by atoms with Gasteiger partial charge in [-0.3, -0.25) is 9.78 Å². The highest BCUT2D eigenvalue weighted by Crippen LogP contribution is 2.23. The Labute approximate surface area is 127 Å². The van der Waals surface area contributed by atoms with Gasteiger partial charge in [-0.1, -0.05) is 6.07 Å². The number of benzene rings is 1. The molecule has 1 aliphatic heterocycles. The van der Waals surface area contributed by atoms with Crippen molar-refractivity contribution >= 4 is 5.91 Å². The first-order valence-corrected chi connectivity index (χ1v) is 7.13. The molecule has 0 radical (unpaired) electrons. The van der Waals surface area contributed by atoms with E-state index in [0.717, 1.165) is 25.9 Å². The van der Waals surface area contributed by atoms with Crippen LogP contribution in [-0.2, 0) is 0 Å². The van der Waals surface area contributed by atoms with Gasteiger partial charge in [0.15, 0.2) is 0 Å². The second-order valence-corrected chi connectivity index (χ2v) is 5.27. The molecule has 1 aromatic carbocycles.